The molecule has 1 aliphatic rings. The summed E-state index contributed by atoms with van der Waals surface area (Å²) in [7, 11) is 3.60. The van der Waals surface area contributed by atoms with Crippen molar-refractivity contribution >= 4 is 5.91 Å². The second kappa shape index (κ2) is 7.82. The Hall–Kier alpha value is -0.650. The largest absolute Gasteiger partial charge is 0.349 e. The summed E-state index contributed by atoms with van der Waals surface area (Å²) < 4.78 is 0. The van der Waals surface area contributed by atoms with Crippen LogP contribution >= 0.6 is 0 Å². The molecule has 1 heterocycles. The average Bonchev–Trinajstić information content (AvgIpc) is 2.43. The molecule has 1 aliphatic heterocycles. The molecule has 0 aromatic carbocycles. The van der Waals surface area contributed by atoms with E-state index in [1.807, 2.05) is 0 Å². The molecule has 1 amide bonds. The van der Waals surface area contributed by atoms with Gasteiger partial charge in [0.1, 0.15) is 0 Å². The first kappa shape index (κ1) is 16.4. The molecule has 0 spiro atoms. The van der Waals surface area contributed by atoms with E-state index in [0.717, 1.165) is 26.2 Å². The molecule has 1 saturated heterocycles. The van der Waals surface area contributed by atoms with Crippen LogP contribution in [0.1, 0.15) is 26.7 Å². The maximum absolute atomic E-state index is 11.8. The van der Waals surface area contributed by atoms with Crippen LogP contribution in [0.4, 0.5) is 0 Å². The van der Waals surface area contributed by atoms with Gasteiger partial charge in [0.15, 0.2) is 0 Å². The zero-order valence-corrected chi connectivity index (χ0v) is 12.9. The Kier molecular flexibility index (Phi) is 6.75. The van der Waals surface area contributed by atoms with Crippen molar-refractivity contribution in [3.05, 3.63) is 0 Å². The van der Waals surface area contributed by atoms with Gasteiger partial charge in [-0.2, -0.15) is 0 Å². The van der Waals surface area contributed by atoms with Gasteiger partial charge in [0.2, 0.25) is 5.91 Å². The minimum Gasteiger partial charge on any atom is -0.349 e. The lowest BCUT2D eigenvalue weighted by Crippen LogP contribution is -2.54. The van der Waals surface area contributed by atoms with Gasteiger partial charge in [-0.05, 0) is 13.3 Å². The lowest BCUT2D eigenvalue weighted by atomic mass is 10.1. The smallest absolute Gasteiger partial charge is 0.223 e. The summed E-state index contributed by atoms with van der Waals surface area (Å²) in [5.41, 5.74) is 5.85. The van der Waals surface area contributed by atoms with E-state index >= 15 is 0 Å². The van der Waals surface area contributed by atoms with Crippen LogP contribution < -0.4 is 5.73 Å². The Morgan fingerprint density at radius 3 is 2.16 bits per heavy atom. The first-order valence-corrected chi connectivity index (χ1v) is 7.37. The van der Waals surface area contributed by atoms with Crippen molar-refractivity contribution < 1.29 is 4.79 Å². The van der Waals surface area contributed by atoms with Gasteiger partial charge < -0.3 is 10.6 Å². The molecule has 112 valence electrons. The summed E-state index contributed by atoms with van der Waals surface area (Å²) in [6.07, 6.45) is 1.73. The second-order valence-electron chi connectivity index (χ2n) is 5.71. The van der Waals surface area contributed by atoms with Crippen LogP contribution in [0.3, 0.4) is 0 Å². The number of nitrogens with zero attached hydrogens (tertiary/aromatic N) is 3. The third kappa shape index (κ3) is 4.75. The van der Waals surface area contributed by atoms with Crippen LogP contribution in [0, 0.1) is 0 Å². The first-order chi connectivity index (χ1) is 8.99. The van der Waals surface area contributed by atoms with Crippen molar-refractivity contribution in [2.75, 3.05) is 46.8 Å². The number of piperazine rings is 1. The highest BCUT2D eigenvalue weighted by atomic mass is 16.2. The molecule has 2 atom stereocenters. The number of hydrogen-bond acceptors (Lipinski definition) is 4. The Morgan fingerprint density at radius 2 is 1.74 bits per heavy atom. The van der Waals surface area contributed by atoms with Crippen molar-refractivity contribution in [1.29, 1.82) is 0 Å². The fraction of sp³-hybridized carbons (Fsp3) is 0.929. The molecule has 0 saturated carbocycles. The van der Waals surface area contributed by atoms with E-state index in [-0.39, 0.29) is 11.9 Å². The molecule has 0 aromatic heterocycles. The molecule has 1 fully saturated rings. The van der Waals surface area contributed by atoms with E-state index in [4.69, 9.17) is 5.73 Å². The normalized spacial score (nSPS) is 21.1. The van der Waals surface area contributed by atoms with Gasteiger partial charge in [-0.1, -0.05) is 6.92 Å². The number of hydrogen-bond donors (Lipinski definition) is 1. The zero-order chi connectivity index (χ0) is 14.4. The Morgan fingerprint density at radius 1 is 1.21 bits per heavy atom. The summed E-state index contributed by atoms with van der Waals surface area (Å²) in [6.45, 7) is 9.28. The topological polar surface area (TPSA) is 52.8 Å². The quantitative estimate of drug-likeness (QED) is 0.749. The summed E-state index contributed by atoms with van der Waals surface area (Å²) in [6, 6.07) is 0.843. The van der Waals surface area contributed by atoms with Crippen LogP contribution in [0.5, 0.6) is 0 Å². The zero-order valence-electron chi connectivity index (χ0n) is 12.9. The molecular weight excluding hydrogens is 240 g/mol. The average molecular weight is 270 g/mol. The third-order valence-electron chi connectivity index (χ3n) is 4.26. The second-order valence-corrected chi connectivity index (χ2v) is 5.71. The van der Waals surface area contributed by atoms with E-state index in [9.17, 15) is 4.79 Å². The molecule has 0 radical (unpaired) electrons. The molecule has 0 aromatic rings. The molecule has 1 rings (SSSR count). The van der Waals surface area contributed by atoms with Gasteiger partial charge in [-0.25, -0.2) is 0 Å². The number of carbonyl (C=O) groups excluding carboxylic acids is 1. The lowest BCUT2D eigenvalue weighted by molar-refractivity contribution is -0.130. The van der Waals surface area contributed by atoms with Gasteiger partial charge in [-0.15, -0.1) is 0 Å². The van der Waals surface area contributed by atoms with Crippen molar-refractivity contribution in [1.82, 2.24) is 14.7 Å². The van der Waals surface area contributed by atoms with E-state index < -0.39 is 0 Å². The summed E-state index contributed by atoms with van der Waals surface area (Å²) in [5, 5.41) is 0. The maximum Gasteiger partial charge on any atom is 0.223 e. The van der Waals surface area contributed by atoms with Crippen molar-refractivity contribution in [3.8, 4) is 0 Å². The SMILES string of the molecule is CCC(C)N1CCN(C(CN)CC(=O)N(C)C)CC1. The fourth-order valence-electron chi connectivity index (χ4n) is 2.55. The monoisotopic (exact) mass is 270 g/mol. The molecule has 19 heavy (non-hydrogen) atoms. The molecule has 5 nitrogen and oxygen atoms in total. The predicted molar refractivity (Wildman–Crippen MR) is 79.1 cm³/mol. The number of rotatable bonds is 6. The van der Waals surface area contributed by atoms with Crippen LogP contribution in [0.25, 0.3) is 0 Å². The highest BCUT2D eigenvalue weighted by Crippen LogP contribution is 2.13. The van der Waals surface area contributed by atoms with Crippen LogP contribution in [0.15, 0.2) is 0 Å². The first-order valence-electron chi connectivity index (χ1n) is 7.37. The minimum atomic E-state index is 0.166. The summed E-state index contributed by atoms with van der Waals surface area (Å²) >= 11 is 0. The summed E-state index contributed by atoms with van der Waals surface area (Å²) in [5.74, 6) is 0.166. The molecule has 2 unspecified atom stereocenters. The van der Waals surface area contributed by atoms with E-state index in [1.165, 1.54) is 6.42 Å². The number of amides is 1. The van der Waals surface area contributed by atoms with Gasteiger partial charge >= 0.3 is 0 Å². The Bertz CT molecular complexity index is 275. The van der Waals surface area contributed by atoms with Crippen molar-refractivity contribution in [3.63, 3.8) is 0 Å². The molecule has 0 bridgehead atoms. The van der Waals surface area contributed by atoms with Gasteiger partial charge in [0.05, 0.1) is 0 Å². The Balaban J connectivity index is 2.45. The Labute approximate surface area is 117 Å². The number of nitrogens with two attached hydrogens (primary N) is 1. The van der Waals surface area contributed by atoms with Gasteiger partial charge in [0, 0.05) is 65.3 Å². The molecule has 5 heteroatoms. The predicted octanol–water partition coefficient (Wildman–Crippen LogP) is 0.208. The van der Waals surface area contributed by atoms with Crippen molar-refractivity contribution in [2.24, 2.45) is 5.73 Å². The highest BCUT2D eigenvalue weighted by Gasteiger charge is 2.26. The van der Waals surface area contributed by atoms with E-state index in [2.05, 4.69) is 23.6 Å². The fourth-order valence-corrected chi connectivity index (χ4v) is 2.55. The molecule has 2 N–H and O–H groups in total. The number of carbonyl (C=O) groups is 1. The lowest BCUT2D eigenvalue weighted by Gasteiger charge is -2.41. The maximum atomic E-state index is 11.8. The minimum absolute atomic E-state index is 0.166. The molecular formula is C14H30N4O. The summed E-state index contributed by atoms with van der Waals surface area (Å²) in [4.78, 5) is 18.4. The van der Waals surface area contributed by atoms with Crippen molar-refractivity contribution in [2.45, 2.75) is 38.8 Å². The van der Waals surface area contributed by atoms with E-state index in [0.29, 0.717) is 19.0 Å². The van der Waals surface area contributed by atoms with Gasteiger partial charge in [-0.3, -0.25) is 14.6 Å². The standard InChI is InChI=1S/C14H30N4O/c1-5-12(2)17-6-8-18(9-7-17)13(11-15)10-14(19)16(3)4/h12-13H,5-11,15H2,1-4H3. The van der Waals surface area contributed by atoms with Crippen LogP contribution in [-0.4, -0.2) is 79.5 Å². The van der Waals surface area contributed by atoms with Crippen LogP contribution in [-0.2, 0) is 4.79 Å². The van der Waals surface area contributed by atoms with Gasteiger partial charge in [0.25, 0.3) is 0 Å². The highest BCUT2D eigenvalue weighted by molar-refractivity contribution is 5.76. The molecule has 0 aliphatic carbocycles. The van der Waals surface area contributed by atoms with Crippen LogP contribution in [0.2, 0.25) is 0 Å². The third-order valence-corrected chi connectivity index (χ3v) is 4.26. The van der Waals surface area contributed by atoms with E-state index in [1.54, 1.807) is 19.0 Å².